The van der Waals surface area contributed by atoms with Gasteiger partial charge in [0.2, 0.25) is 5.91 Å². The molecule has 1 fully saturated rings. The summed E-state index contributed by atoms with van der Waals surface area (Å²) in [4.78, 5) is 35.2. The number of aromatic nitrogens is 2. The lowest BCUT2D eigenvalue weighted by Gasteiger charge is -2.25. The number of aryl methyl sites for hydroxylation is 1. The van der Waals surface area contributed by atoms with E-state index in [1.807, 2.05) is 37.3 Å². The maximum Gasteiger partial charge on any atom is 0.274 e. The van der Waals surface area contributed by atoms with Gasteiger partial charge in [-0.3, -0.25) is 14.6 Å². The fourth-order valence-corrected chi connectivity index (χ4v) is 3.29. The first kappa shape index (κ1) is 20.9. The van der Waals surface area contributed by atoms with Gasteiger partial charge in [-0.1, -0.05) is 30.3 Å². The van der Waals surface area contributed by atoms with Crippen molar-refractivity contribution in [2.24, 2.45) is 0 Å². The highest BCUT2D eigenvalue weighted by atomic mass is 16.5. The highest BCUT2D eigenvalue weighted by Gasteiger charge is 2.24. The van der Waals surface area contributed by atoms with E-state index < -0.39 is 0 Å². The van der Waals surface area contributed by atoms with Crippen molar-refractivity contribution < 1.29 is 14.3 Å². The fourth-order valence-electron chi connectivity index (χ4n) is 3.29. The third kappa shape index (κ3) is 6.64. The minimum Gasteiger partial charge on any atom is -0.376 e. The molecule has 0 unspecified atom stereocenters. The maximum absolute atomic E-state index is 12.9. The zero-order valence-electron chi connectivity index (χ0n) is 16.8. The third-order valence-electron chi connectivity index (χ3n) is 4.92. The Morgan fingerprint density at radius 2 is 2.03 bits per heavy atom. The molecule has 29 heavy (non-hydrogen) atoms. The fraction of sp³-hybridized carbons (Fsp3) is 0.455. The van der Waals surface area contributed by atoms with Crippen LogP contribution in [0.5, 0.6) is 0 Å². The van der Waals surface area contributed by atoms with Crippen molar-refractivity contribution in [3.05, 3.63) is 59.7 Å². The number of rotatable bonds is 9. The Morgan fingerprint density at radius 1 is 1.21 bits per heavy atom. The number of amides is 2. The molecule has 0 radical (unpaired) electrons. The van der Waals surface area contributed by atoms with Gasteiger partial charge in [-0.25, -0.2) is 4.98 Å². The predicted octanol–water partition coefficient (Wildman–Crippen LogP) is 2.16. The summed E-state index contributed by atoms with van der Waals surface area (Å²) >= 11 is 0. The van der Waals surface area contributed by atoms with E-state index in [1.165, 1.54) is 11.8 Å². The van der Waals surface area contributed by atoms with Crippen molar-refractivity contribution in [3.8, 4) is 0 Å². The van der Waals surface area contributed by atoms with Gasteiger partial charge in [0.15, 0.2) is 0 Å². The first-order valence-corrected chi connectivity index (χ1v) is 10.1. The Morgan fingerprint density at radius 3 is 2.72 bits per heavy atom. The minimum absolute atomic E-state index is 0.0125. The number of carbonyl (C=O) groups is 2. The van der Waals surface area contributed by atoms with Crippen LogP contribution in [0.2, 0.25) is 0 Å². The van der Waals surface area contributed by atoms with Crippen molar-refractivity contribution in [3.63, 3.8) is 0 Å². The van der Waals surface area contributed by atoms with Gasteiger partial charge in [0.1, 0.15) is 5.69 Å². The van der Waals surface area contributed by atoms with E-state index in [0.717, 1.165) is 31.6 Å². The molecule has 1 aliphatic heterocycles. The molecule has 1 atom stereocenters. The molecule has 3 rings (SSSR count). The second-order valence-electron chi connectivity index (χ2n) is 7.26. The van der Waals surface area contributed by atoms with Crippen LogP contribution in [-0.4, -0.2) is 59.0 Å². The molecule has 0 saturated carbocycles. The average Bonchev–Trinajstić information content (AvgIpc) is 3.25. The molecule has 1 aromatic carbocycles. The molecule has 7 nitrogen and oxygen atoms in total. The molecule has 1 aromatic heterocycles. The largest absolute Gasteiger partial charge is 0.376 e. The number of hydrogen-bond donors (Lipinski definition) is 1. The molecular weight excluding hydrogens is 368 g/mol. The SMILES string of the molecule is Cc1cnc(C(=O)N(CCC(=O)NCCc2ccccc2)C[C@@H]2CCCO2)cn1. The number of ether oxygens (including phenoxy) is 1. The quantitative estimate of drug-likeness (QED) is 0.702. The van der Waals surface area contributed by atoms with Crippen LogP contribution >= 0.6 is 0 Å². The van der Waals surface area contributed by atoms with Crippen LogP contribution in [0.1, 0.15) is 41.0 Å². The van der Waals surface area contributed by atoms with Gasteiger partial charge in [-0.05, 0) is 31.7 Å². The standard InChI is InChI=1S/C22H28N4O3/c1-17-14-25-20(15-24-17)22(28)26(16-19-8-5-13-29-19)12-10-21(27)23-11-9-18-6-3-2-4-7-18/h2-4,6-7,14-15,19H,5,8-13,16H2,1H3,(H,23,27)/t19-/m0/s1. The van der Waals surface area contributed by atoms with E-state index in [4.69, 9.17) is 4.74 Å². The number of nitrogens with zero attached hydrogens (tertiary/aromatic N) is 3. The Hall–Kier alpha value is -2.80. The normalized spacial score (nSPS) is 15.8. The summed E-state index contributed by atoms with van der Waals surface area (Å²) < 4.78 is 5.68. The van der Waals surface area contributed by atoms with Crippen molar-refractivity contribution in [2.45, 2.75) is 38.7 Å². The van der Waals surface area contributed by atoms with Gasteiger partial charge in [0.05, 0.1) is 18.0 Å². The smallest absolute Gasteiger partial charge is 0.274 e. The second kappa shape index (κ2) is 10.7. The van der Waals surface area contributed by atoms with Crippen molar-refractivity contribution in [1.82, 2.24) is 20.2 Å². The molecule has 2 amide bonds. The highest BCUT2D eigenvalue weighted by Crippen LogP contribution is 2.15. The first-order chi connectivity index (χ1) is 14.1. The minimum atomic E-state index is -0.218. The molecule has 154 valence electrons. The van der Waals surface area contributed by atoms with Crippen LogP contribution < -0.4 is 5.32 Å². The number of hydrogen-bond acceptors (Lipinski definition) is 5. The van der Waals surface area contributed by atoms with E-state index in [-0.39, 0.29) is 30.0 Å². The van der Waals surface area contributed by atoms with Crippen LogP contribution in [0, 0.1) is 6.92 Å². The average molecular weight is 396 g/mol. The van der Waals surface area contributed by atoms with Gasteiger partial charge in [-0.15, -0.1) is 0 Å². The monoisotopic (exact) mass is 396 g/mol. The summed E-state index contributed by atoms with van der Waals surface area (Å²) in [6, 6.07) is 10.0. The summed E-state index contributed by atoms with van der Waals surface area (Å²) in [5, 5.41) is 2.93. The Kier molecular flexibility index (Phi) is 7.69. The lowest BCUT2D eigenvalue weighted by atomic mass is 10.1. The lowest BCUT2D eigenvalue weighted by molar-refractivity contribution is -0.121. The molecule has 0 aliphatic carbocycles. The summed E-state index contributed by atoms with van der Waals surface area (Å²) in [5.41, 5.74) is 2.23. The van der Waals surface area contributed by atoms with Gasteiger partial charge in [0.25, 0.3) is 5.91 Å². The summed E-state index contributed by atoms with van der Waals surface area (Å²) in [6.07, 6.45) is 6.02. The summed E-state index contributed by atoms with van der Waals surface area (Å²) in [7, 11) is 0. The molecule has 2 aromatic rings. The Balaban J connectivity index is 1.52. The van der Waals surface area contributed by atoms with Gasteiger partial charge < -0.3 is 15.0 Å². The van der Waals surface area contributed by atoms with Gasteiger partial charge in [0, 0.05) is 38.9 Å². The molecule has 0 bridgehead atoms. The number of carbonyl (C=O) groups excluding carboxylic acids is 2. The molecule has 1 aliphatic rings. The third-order valence-corrected chi connectivity index (χ3v) is 4.92. The highest BCUT2D eigenvalue weighted by molar-refractivity contribution is 5.92. The van der Waals surface area contributed by atoms with Crippen LogP contribution in [0.3, 0.4) is 0 Å². The Labute approximate surface area is 171 Å². The molecule has 1 saturated heterocycles. The van der Waals surface area contributed by atoms with E-state index in [1.54, 1.807) is 11.1 Å². The van der Waals surface area contributed by atoms with Crippen LogP contribution in [0.4, 0.5) is 0 Å². The molecule has 7 heteroatoms. The van der Waals surface area contributed by atoms with E-state index >= 15 is 0 Å². The summed E-state index contributed by atoms with van der Waals surface area (Å²) in [6.45, 7) is 3.91. The molecule has 0 spiro atoms. The number of benzene rings is 1. The zero-order chi connectivity index (χ0) is 20.5. The van der Waals surface area contributed by atoms with Gasteiger partial charge >= 0.3 is 0 Å². The number of nitrogens with one attached hydrogen (secondary N) is 1. The van der Waals surface area contributed by atoms with E-state index in [2.05, 4.69) is 15.3 Å². The van der Waals surface area contributed by atoms with E-state index in [9.17, 15) is 9.59 Å². The van der Waals surface area contributed by atoms with Crippen molar-refractivity contribution >= 4 is 11.8 Å². The maximum atomic E-state index is 12.9. The van der Waals surface area contributed by atoms with Crippen LogP contribution in [0.25, 0.3) is 0 Å². The molecule has 1 N–H and O–H groups in total. The van der Waals surface area contributed by atoms with Gasteiger partial charge in [-0.2, -0.15) is 0 Å². The predicted molar refractivity (Wildman–Crippen MR) is 109 cm³/mol. The molecule has 2 heterocycles. The molecular formula is C22H28N4O3. The topological polar surface area (TPSA) is 84.4 Å². The van der Waals surface area contributed by atoms with Crippen LogP contribution in [0.15, 0.2) is 42.7 Å². The second-order valence-corrected chi connectivity index (χ2v) is 7.26. The van der Waals surface area contributed by atoms with E-state index in [0.29, 0.717) is 19.6 Å². The first-order valence-electron chi connectivity index (χ1n) is 10.1. The van der Waals surface area contributed by atoms with Crippen LogP contribution in [-0.2, 0) is 16.0 Å². The summed E-state index contributed by atoms with van der Waals surface area (Å²) in [5.74, 6) is -0.286. The van der Waals surface area contributed by atoms with Crippen molar-refractivity contribution in [1.29, 1.82) is 0 Å². The van der Waals surface area contributed by atoms with Crippen molar-refractivity contribution in [2.75, 3.05) is 26.2 Å². The zero-order valence-corrected chi connectivity index (χ0v) is 16.8. The Bertz CT molecular complexity index is 789. The lowest BCUT2D eigenvalue weighted by Crippen LogP contribution is -2.40.